The third kappa shape index (κ3) is 3.28. The van der Waals surface area contributed by atoms with Crippen molar-refractivity contribution in [3.8, 4) is 5.69 Å². The Kier molecular flexibility index (Phi) is 4.81. The van der Waals surface area contributed by atoms with Crippen LogP contribution in [0.25, 0.3) is 16.6 Å². The Balaban J connectivity index is 1.56. The first-order chi connectivity index (χ1) is 12.7. The van der Waals surface area contributed by atoms with E-state index in [2.05, 4.69) is 76.7 Å². The monoisotopic (exact) mass is 349 g/mol. The number of benzene rings is 2. The quantitative estimate of drug-likeness (QED) is 0.600. The highest BCUT2D eigenvalue weighted by Gasteiger charge is 2.30. The van der Waals surface area contributed by atoms with E-state index in [4.69, 9.17) is 0 Å². The molecule has 3 N–H and O–H groups in total. The van der Waals surface area contributed by atoms with E-state index in [1.807, 2.05) is 0 Å². The fourth-order valence-electron chi connectivity index (χ4n) is 4.08. The molecule has 0 saturated carbocycles. The summed E-state index contributed by atoms with van der Waals surface area (Å²) in [4.78, 5) is 0. The van der Waals surface area contributed by atoms with Crippen LogP contribution in [0.5, 0.6) is 0 Å². The number of nitrogens with zero attached hydrogens (tertiary/aromatic N) is 1. The van der Waals surface area contributed by atoms with E-state index in [1.54, 1.807) is 0 Å². The number of nitrogens with one attached hydrogen (secondary N) is 2. The SMILES string of the molecule is Cc1c(CCNC[C@]2(O)CCNC2)c2ccccc2n1-c1ccccc1. The molecule has 136 valence electrons. The van der Waals surface area contributed by atoms with Crippen molar-refractivity contribution in [2.75, 3.05) is 26.2 Å². The van der Waals surface area contributed by atoms with Crippen LogP contribution in [0.15, 0.2) is 54.6 Å². The Bertz CT molecular complexity index is 879. The minimum atomic E-state index is -0.590. The van der Waals surface area contributed by atoms with Crippen LogP contribution in [-0.4, -0.2) is 41.5 Å². The fourth-order valence-corrected chi connectivity index (χ4v) is 4.08. The van der Waals surface area contributed by atoms with Crippen molar-refractivity contribution in [3.63, 3.8) is 0 Å². The molecule has 0 unspecified atom stereocenters. The Morgan fingerprint density at radius 1 is 1.12 bits per heavy atom. The molecule has 1 saturated heterocycles. The molecule has 4 heteroatoms. The molecule has 3 aromatic rings. The molecule has 1 aliphatic heterocycles. The fraction of sp³-hybridized carbons (Fsp3) is 0.364. The molecule has 4 rings (SSSR count). The second-order valence-corrected chi connectivity index (χ2v) is 7.33. The van der Waals surface area contributed by atoms with E-state index >= 15 is 0 Å². The van der Waals surface area contributed by atoms with Crippen molar-refractivity contribution in [2.24, 2.45) is 0 Å². The lowest BCUT2D eigenvalue weighted by molar-refractivity contribution is 0.0615. The molecule has 0 spiro atoms. The molecule has 0 bridgehead atoms. The average Bonchev–Trinajstić information content (AvgIpc) is 3.21. The number of hydrogen-bond acceptors (Lipinski definition) is 3. The van der Waals surface area contributed by atoms with Crippen LogP contribution in [0.1, 0.15) is 17.7 Å². The van der Waals surface area contributed by atoms with Crippen molar-refractivity contribution in [1.82, 2.24) is 15.2 Å². The molecule has 0 aliphatic carbocycles. The van der Waals surface area contributed by atoms with E-state index in [0.717, 1.165) is 25.9 Å². The van der Waals surface area contributed by atoms with Gasteiger partial charge in [-0.25, -0.2) is 0 Å². The van der Waals surface area contributed by atoms with Crippen LogP contribution in [0.3, 0.4) is 0 Å². The molecule has 1 fully saturated rings. The average molecular weight is 349 g/mol. The molecular formula is C22H27N3O. The van der Waals surface area contributed by atoms with Gasteiger partial charge in [-0.2, -0.15) is 0 Å². The van der Waals surface area contributed by atoms with Gasteiger partial charge in [0.2, 0.25) is 0 Å². The van der Waals surface area contributed by atoms with Crippen LogP contribution in [-0.2, 0) is 6.42 Å². The van der Waals surface area contributed by atoms with Gasteiger partial charge in [0.05, 0.1) is 11.1 Å². The van der Waals surface area contributed by atoms with Crippen molar-refractivity contribution >= 4 is 10.9 Å². The zero-order chi connectivity index (χ0) is 18.0. The van der Waals surface area contributed by atoms with Crippen LogP contribution in [0.2, 0.25) is 0 Å². The second kappa shape index (κ2) is 7.23. The van der Waals surface area contributed by atoms with Gasteiger partial charge >= 0.3 is 0 Å². The summed E-state index contributed by atoms with van der Waals surface area (Å²) in [5, 5.41) is 18.4. The zero-order valence-electron chi connectivity index (χ0n) is 15.3. The molecule has 26 heavy (non-hydrogen) atoms. The molecule has 2 heterocycles. The molecule has 2 aromatic carbocycles. The van der Waals surface area contributed by atoms with Crippen LogP contribution in [0.4, 0.5) is 0 Å². The van der Waals surface area contributed by atoms with Crippen molar-refractivity contribution in [2.45, 2.75) is 25.4 Å². The number of aromatic nitrogens is 1. The molecule has 1 aromatic heterocycles. The van der Waals surface area contributed by atoms with Gasteiger partial charge in [0, 0.05) is 29.9 Å². The van der Waals surface area contributed by atoms with Gasteiger partial charge in [-0.15, -0.1) is 0 Å². The smallest absolute Gasteiger partial charge is 0.0907 e. The van der Waals surface area contributed by atoms with Gasteiger partial charge in [0.1, 0.15) is 0 Å². The first-order valence-corrected chi connectivity index (χ1v) is 9.46. The summed E-state index contributed by atoms with van der Waals surface area (Å²) in [5.74, 6) is 0. The van der Waals surface area contributed by atoms with E-state index in [1.165, 1.54) is 27.8 Å². The van der Waals surface area contributed by atoms with Crippen LogP contribution in [0, 0.1) is 6.92 Å². The van der Waals surface area contributed by atoms with Crippen molar-refractivity contribution < 1.29 is 5.11 Å². The third-order valence-corrected chi connectivity index (χ3v) is 5.48. The van der Waals surface area contributed by atoms with Gasteiger partial charge in [-0.3, -0.25) is 0 Å². The first-order valence-electron chi connectivity index (χ1n) is 9.46. The van der Waals surface area contributed by atoms with Gasteiger partial charge in [-0.05, 0) is 56.6 Å². The predicted molar refractivity (Wildman–Crippen MR) is 107 cm³/mol. The largest absolute Gasteiger partial charge is 0.387 e. The summed E-state index contributed by atoms with van der Waals surface area (Å²) < 4.78 is 2.35. The highest BCUT2D eigenvalue weighted by atomic mass is 16.3. The van der Waals surface area contributed by atoms with Gasteiger partial charge < -0.3 is 20.3 Å². The number of rotatable bonds is 6. The Hall–Kier alpha value is -2.14. The van der Waals surface area contributed by atoms with E-state index < -0.39 is 5.60 Å². The van der Waals surface area contributed by atoms with E-state index in [9.17, 15) is 5.11 Å². The molecule has 0 amide bonds. The lowest BCUT2D eigenvalue weighted by atomic mass is 10.0. The van der Waals surface area contributed by atoms with Crippen LogP contribution < -0.4 is 10.6 Å². The second-order valence-electron chi connectivity index (χ2n) is 7.33. The lowest BCUT2D eigenvalue weighted by Crippen LogP contribution is -2.42. The maximum absolute atomic E-state index is 10.4. The minimum Gasteiger partial charge on any atom is -0.387 e. The highest BCUT2D eigenvalue weighted by molar-refractivity contribution is 5.87. The number of β-amino-alcohol motifs (C(OH)–C–C–N with tert-alkyl or cyclic N) is 1. The van der Waals surface area contributed by atoms with E-state index in [0.29, 0.717) is 13.1 Å². The minimum absolute atomic E-state index is 0.590. The maximum atomic E-state index is 10.4. The summed E-state index contributed by atoms with van der Waals surface area (Å²) in [6.07, 6.45) is 1.78. The topological polar surface area (TPSA) is 49.2 Å². The summed E-state index contributed by atoms with van der Waals surface area (Å²) in [6.45, 7) is 5.31. The van der Waals surface area contributed by atoms with Gasteiger partial charge in [-0.1, -0.05) is 36.4 Å². The molecular weight excluding hydrogens is 322 g/mol. The third-order valence-electron chi connectivity index (χ3n) is 5.48. The number of hydrogen-bond donors (Lipinski definition) is 3. The first kappa shape index (κ1) is 17.3. The van der Waals surface area contributed by atoms with Crippen molar-refractivity contribution in [1.29, 1.82) is 0 Å². The normalized spacial score (nSPS) is 20.1. The lowest BCUT2D eigenvalue weighted by Gasteiger charge is -2.21. The Morgan fingerprint density at radius 2 is 1.88 bits per heavy atom. The predicted octanol–water partition coefficient (Wildman–Crippen LogP) is 2.80. The maximum Gasteiger partial charge on any atom is 0.0907 e. The summed E-state index contributed by atoms with van der Waals surface area (Å²) in [6, 6.07) is 19.2. The van der Waals surface area contributed by atoms with Crippen molar-refractivity contribution in [3.05, 3.63) is 65.9 Å². The molecule has 4 nitrogen and oxygen atoms in total. The van der Waals surface area contributed by atoms with E-state index in [-0.39, 0.29) is 0 Å². The summed E-state index contributed by atoms with van der Waals surface area (Å²) in [5.41, 5.74) is 4.54. The number of para-hydroxylation sites is 2. The Labute approximate surface area is 154 Å². The zero-order valence-corrected chi connectivity index (χ0v) is 15.3. The van der Waals surface area contributed by atoms with Gasteiger partial charge in [0.25, 0.3) is 0 Å². The molecule has 0 radical (unpaired) electrons. The standard InChI is InChI=1S/C22H27N3O/c1-17-19(11-13-23-15-22(26)12-14-24-16-22)20-9-5-6-10-21(20)25(17)18-7-3-2-4-8-18/h2-10,23-24,26H,11-16H2,1H3/t22-/m1/s1. The summed E-state index contributed by atoms with van der Waals surface area (Å²) >= 11 is 0. The van der Waals surface area contributed by atoms with Gasteiger partial charge in [0.15, 0.2) is 0 Å². The number of fused-ring (bicyclic) bond motifs is 1. The Morgan fingerprint density at radius 3 is 2.65 bits per heavy atom. The number of aliphatic hydroxyl groups is 1. The summed E-state index contributed by atoms with van der Waals surface area (Å²) in [7, 11) is 0. The molecule has 1 atom stereocenters. The molecule has 1 aliphatic rings. The highest BCUT2D eigenvalue weighted by Crippen LogP contribution is 2.29. The van der Waals surface area contributed by atoms with Crippen LogP contribution >= 0.6 is 0 Å².